The monoisotopic (exact) mass is 595 g/mol. The molecule has 0 aliphatic heterocycles. The second-order valence-corrected chi connectivity index (χ2v) is 11.8. The second kappa shape index (κ2) is 14.4. The molecule has 204 valence electrons. The maximum atomic E-state index is 13.4. The molecule has 0 aliphatic carbocycles. The molecule has 2 amide bonds. The first-order valence-corrected chi connectivity index (χ1v) is 15.2. The number of carbonyl (C=O) groups is 2. The second-order valence-electron chi connectivity index (χ2n) is 8.98. The van der Waals surface area contributed by atoms with E-state index in [9.17, 15) is 18.0 Å². The summed E-state index contributed by atoms with van der Waals surface area (Å²) in [5, 5.41) is 2.95. The molecule has 0 heterocycles. The van der Waals surface area contributed by atoms with E-state index in [4.69, 9.17) is 4.74 Å². The number of benzene rings is 2. The van der Waals surface area contributed by atoms with Crippen LogP contribution in [-0.2, 0) is 26.2 Å². The Morgan fingerprint density at radius 2 is 1.70 bits per heavy atom. The third-order valence-electron chi connectivity index (χ3n) is 6.02. The molecule has 2 aromatic carbocycles. The van der Waals surface area contributed by atoms with E-state index in [-0.39, 0.29) is 43.8 Å². The summed E-state index contributed by atoms with van der Waals surface area (Å²) in [6.07, 6.45) is 2.28. The minimum atomic E-state index is -3.62. The largest absolute Gasteiger partial charge is 0.492 e. The summed E-state index contributed by atoms with van der Waals surface area (Å²) < 4.78 is 33.0. The highest BCUT2D eigenvalue weighted by Gasteiger charge is 2.27. The van der Waals surface area contributed by atoms with Gasteiger partial charge in [0, 0.05) is 30.0 Å². The fraction of sp³-hybridized carbons (Fsp3) is 0.481. The first-order chi connectivity index (χ1) is 17.5. The molecule has 2 aromatic rings. The molecule has 0 saturated heterocycles. The number of hydrogen-bond acceptors (Lipinski definition) is 5. The Bertz CT molecular complexity index is 1140. The predicted octanol–water partition coefficient (Wildman–Crippen LogP) is 4.73. The summed E-state index contributed by atoms with van der Waals surface area (Å²) in [5.41, 5.74) is 1.33. The van der Waals surface area contributed by atoms with Crippen molar-refractivity contribution < 1.29 is 22.7 Å². The number of rotatable bonds is 14. The highest BCUT2D eigenvalue weighted by molar-refractivity contribution is 9.10. The molecule has 2 rings (SSSR count). The van der Waals surface area contributed by atoms with Crippen LogP contribution in [0.4, 0.5) is 5.69 Å². The Labute approximate surface area is 229 Å². The van der Waals surface area contributed by atoms with Gasteiger partial charge in [0.15, 0.2) is 0 Å². The molecule has 0 unspecified atom stereocenters. The lowest BCUT2D eigenvalue weighted by Crippen LogP contribution is -2.49. The smallest absolute Gasteiger partial charge is 0.242 e. The van der Waals surface area contributed by atoms with E-state index in [0.717, 1.165) is 22.7 Å². The molecule has 0 saturated carbocycles. The lowest BCUT2D eigenvalue weighted by Gasteiger charge is -2.30. The van der Waals surface area contributed by atoms with E-state index >= 15 is 0 Å². The van der Waals surface area contributed by atoms with Crippen LogP contribution in [0, 0.1) is 0 Å². The lowest BCUT2D eigenvalue weighted by molar-refractivity contribution is -0.140. The van der Waals surface area contributed by atoms with Gasteiger partial charge < -0.3 is 15.0 Å². The summed E-state index contributed by atoms with van der Waals surface area (Å²) in [7, 11) is -3.62. The van der Waals surface area contributed by atoms with Gasteiger partial charge in [-0.25, -0.2) is 8.42 Å². The third-order valence-corrected chi connectivity index (χ3v) is 7.73. The molecular formula is C27H38BrN3O5S. The molecule has 0 fully saturated rings. The minimum absolute atomic E-state index is 0.00619. The molecule has 8 nitrogen and oxygen atoms in total. The number of hydrogen-bond donors (Lipinski definition) is 1. The van der Waals surface area contributed by atoms with E-state index in [1.165, 1.54) is 4.31 Å². The van der Waals surface area contributed by atoms with E-state index in [0.29, 0.717) is 18.0 Å². The number of nitrogens with zero attached hydrogens (tertiary/aromatic N) is 2. The van der Waals surface area contributed by atoms with Crippen LogP contribution >= 0.6 is 15.9 Å². The number of carbonyl (C=O) groups excluding carboxylic acids is 2. The van der Waals surface area contributed by atoms with Crippen LogP contribution in [0.2, 0.25) is 0 Å². The van der Waals surface area contributed by atoms with Crippen LogP contribution in [0.3, 0.4) is 0 Å². The Morgan fingerprint density at radius 1 is 1.05 bits per heavy atom. The zero-order valence-corrected chi connectivity index (χ0v) is 24.6. The number of amides is 2. The number of para-hydroxylation sites is 2. The van der Waals surface area contributed by atoms with E-state index in [1.54, 1.807) is 36.1 Å². The van der Waals surface area contributed by atoms with Crippen LogP contribution in [0.5, 0.6) is 5.75 Å². The summed E-state index contributed by atoms with van der Waals surface area (Å²) in [6, 6.07) is 13.8. The first-order valence-electron chi connectivity index (χ1n) is 12.5. The maximum Gasteiger partial charge on any atom is 0.242 e. The zero-order valence-electron chi connectivity index (χ0n) is 22.2. The molecule has 0 aromatic heterocycles. The number of anilines is 1. The van der Waals surface area contributed by atoms with Gasteiger partial charge in [-0.05, 0) is 63.4 Å². The summed E-state index contributed by atoms with van der Waals surface area (Å²) in [4.78, 5) is 27.8. The molecule has 0 bridgehead atoms. The van der Waals surface area contributed by atoms with Crippen LogP contribution in [0.15, 0.2) is 53.0 Å². The molecule has 37 heavy (non-hydrogen) atoms. The summed E-state index contributed by atoms with van der Waals surface area (Å²) >= 11 is 3.42. The molecule has 2 atom stereocenters. The molecule has 0 radical (unpaired) electrons. The minimum Gasteiger partial charge on any atom is -0.492 e. The van der Waals surface area contributed by atoms with Gasteiger partial charge in [-0.3, -0.25) is 13.9 Å². The van der Waals surface area contributed by atoms with Crippen LogP contribution < -0.4 is 14.4 Å². The average molecular weight is 597 g/mol. The highest BCUT2D eigenvalue weighted by Crippen LogP contribution is 2.30. The number of halogens is 1. The van der Waals surface area contributed by atoms with Crippen molar-refractivity contribution in [3.05, 3.63) is 58.6 Å². The van der Waals surface area contributed by atoms with Crippen molar-refractivity contribution in [1.82, 2.24) is 10.2 Å². The standard InChI is InChI=1S/C27H38BrN3O5S/c1-6-20(3)29-27(33)21(4)30(19-22-14-16-23(28)17-15-22)26(32)13-10-18-31(37(5,34)35)24-11-8-9-12-25(24)36-7-2/h8-9,11-12,14-17,20-21H,6-7,10,13,18-19H2,1-5H3,(H,29,33)/t20-,21-/m1/s1. The van der Waals surface area contributed by atoms with Crippen molar-refractivity contribution in [2.24, 2.45) is 0 Å². The Kier molecular flexibility index (Phi) is 11.9. The number of sulfonamides is 1. The predicted molar refractivity (Wildman–Crippen MR) is 151 cm³/mol. The van der Waals surface area contributed by atoms with E-state index < -0.39 is 16.1 Å². The fourth-order valence-electron chi connectivity index (χ4n) is 3.76. The molecular weight excluding hydrogens is 558 g/mol. The maximum absolute atomic E-state index is 13.4. The van der Waals surface area contributed by atoms with Gasteiger partial charge >= 0.3 is 0 Å². The zero-order chi connectivity index (χ0) is 27.6. The molecule has 1 N–H and O–H groups in total. The lowest BCUT2D eigenvalue weighted by atomic mass is 10.1. The van der Waals surface area contributed by atoms with Gasteiger partial charge in [-0.15, -0.1) is 0 Å². The quantitative estimate of drug-likeness (QED) is 0.341. The van der Waals surface area contributed by atoms with Crippen molar-refractivity contribution in [3.63, 3.8) is 0 Å². The van der Waals surface area contributed by atoms with Gasteiger partial charge in [0.2, 0.25) is 21.8 Å². The molecule has 10 heteroatoms. The topological polar surface area (TPSA) is 96.0 Å². The summed E-state index contributed by atoms with van der Waals surface area (Å²) in [5.74, 6) is 0.0263. The normalized spacial score (nSPS) is 12.9. The highest BCUT2D eigenvalue weighted by atomic mass is 79.9. The SMILES string of the molecule is CCOc1ccccc1N(CCCC(=O)N(Cc1ccc(Br)cc1)[C@H](C)C(=O)N[C@H](C)CC)S(C)(=O)=O. The van der Waals surface area contributed by atoms with Gasteiger partial charge in [0.05, 0.1) is 18.6 Å². The number of ether oxygens (including phenoxy) is 1. The summed E-state index contributed by atoms with van der Waals surface area (Å²) in [6.45, 7) is 8.23. The van der Waals surface area contributed by atoms with E-state index in [1.807, 2.05) is 45.0 Å². The average Bonchev–Trinajstić information content (AvgIpc) is 2.85. The van der Waals surface area contributed by atoms with Crippen molar-refractivity contribution >= 4 is 43.5 Å². The van der Waals surface area contributed by atoms with Crippen molar-refractivity contribution in [3.8, 4) is 5.75 Å². The van der Waals surface area contributed by atoms with Gasteiger partial charge in [0.1, 0.15) is 11.8 Å². The van der Waals surface area contributed by atoms with Crippen LogP contribution in [-0.4, -0.2) is 56.6 Å². The first kappa shape index (κ1) is 30.6. The van der Waals surface area contributed by atoms with Crippen LogP contribution in [0.1, 0.15) is 52.5 Å². The van der Waals surface area contributed by atoms with Crippen molar-refractivity contribution in [2.45, 2.75) is 65.6 Å². The van der Waals surface area contributed by atoms with Gasteiger partial charge in [0.25, 0.3) is 0 Å². The van der Waals surface area contributed by atoms with E-state index in [2.05, 4.69) is 21.2 Å². The number of nitrogens with one attached hydrogen (secondary N) is 1. The Balaban J connectivity index is 2.20. The van der Waals surface area contributed by atoms with Gasteiger partial charge in [-0.1, -0.05) is 47.1 Å². The van der Waals surface area contributed by atoms with Crippen LogP contribution in [0.25, 0.3) is 0 Å². The Hall–Kier alpha value is -2.59. The molecule has 0 aliphatic rings. The van der Waals surface area contributed by atoms with Crippen molar-refractivity contribution in [2.75, 3.05) is 23.7 Å². The Morgan fingerprint density at radius 3 is 2.30 bits per heavy atom. The van der Waals surface area contributed by atoms with Gasteiger partial charge in [-0.2, -0.15) is 0 Å². The fourth-order valence-corrected chi connectivity index (χ4v) is 4.99. The van der Waals surface area contributed by atoms with Crippen molar-refractivity contribution in [1.29, 1.82) is 0 Å². The molecule has 0 spiro atoms. The third kappa shape index (κ3) is 9.34.